The first-order chi connectivity index (χ1) is 12.9. The minimum atomic E-state index is -3.58. The molecule has 3 aliphatic rings. The van der Waals surface area contributed by atoms with Crippen LogP contribution < -0.4 is 0 Å². The first kappa shape index (κ1) is 17.0. The Balaban J connectivity index is 1.64. The molecule has 140 valence electrons. The largest absolute Gasteiger partial charge is 0.270 e. The van der Waals surface area contributed by atoms with Gasteiger partial charge in [-0.3, -0.25) is 4.31 Å². The van der Waals surface area contributed by atoms with Crippen LogP contribution in [0.1, 0.15) is 41.9 Å². The van der Waals surface area contributed by atoms with E-state index >= 15 is 0 Å². The fourth-order valence-electron chi connectivity index (χ4n) is 5.17. The van der Waals surface area contributed by atoms with Gasteiger partial charge in [0, 0.05) is 18.2 Å². The van der Waals surface area contributed by atoms with Crippen molar-refractivity contribution in [2.45, 2.75) is 37.0 Å². The Kier molecular flexibility index (Phi) is 3.73. The highest BCUT2D eigenvalue weighted by molar-refractivity contribution is 7.89. The molecule has 3 atom stereocenters. The average molecular weight is 383 g/mol. The first-order valence-corrected chi connectivity index (χ1v) is 11.0. The van der Waals surface area contributed by atoms with E-state index in [-0.39, 0.29) is 17.7 Å². The van der Waals surface area contributed by atoms with Crippen LogP contribution in [0.2, 0.25) is 0 Å². The van der Waals surface area contributed by atoms with Crippen molar-refractivity contribution in [2.75, 3.05) is 6.54 Å². The van der Waals surface area contributed by atoms with Crippen LogP contribution in [0.25, 0.3) is 6.08 Å². The summed E-state index contributed by atoms with van der Waals surface area (Å²) < 4.78 is 42.2. The van der Waals surface area contributed by atoms with E-state index in [2.05, 4.69) is 0 Å². The molecule has 1 saturated carbocycles. The Bertz CT molecular complexity index is 1040. The molecule has 2 aliphatic carbocycles. The van der Waals surface area contributed by atoms with E-state index in [1.807, 2.05) is 25.1 Å². The zero-order valence-electron chi connectivity index (χ0n) is 15.2. The highest BCUT2D eigenvalue weighted by Crippen LogP contribution is 2.55. The lowest BCUT2D eigenvalue weighted by Gasteiger charge is -2.37. The summed E-state index contributed by atoms with van der Waals surface area (Å²) in [5, 5.41) is 0. The first-order valence-electron chi connectivity index (χ1n) is 9.55. The van der Waals surface area contributed by atoms with Gasteiger partial charge in [0.2, 0.25) is 0 Å². The molecule has 5 heteroatoms. The molecule has 0 bridgehead atoms. The number of nitrogens with zero attached hydrogens (tertiary/aromatic N) is 1. The van der Waals surface area contributed by atoms with Crippen molar-refractivity contribution in [1.82, 2.24) is 4.31 Å². The molecule has 1 saturated heterocycles. The number of halogens is 1. The van der Waals surface area contributed by atoms with E-state index in [0.717, 1.165) is 41.6 Å². The maximum absolute atomic E-state index is 13.9. The standard InChI is InChI=1S/C22H22FNO2S/c1-14-5-9-18(10-6-14)27(25,26)24-13-16-3-2-4-19-20-12-17(23)8-7-15(20)11-21(24)22(16)19/h5-12,16,19,22H,2-4,13H2,1H3/t16-,19+,22+/m0/s1. The van der Waals surface area contributed by atoms with Crippen LogP contribution in [0.4, 0.5) is 4.39 Å². The molecule has 0 spiro atoms. The number of fused-ring (bicyclic) bond motifs is 2. The molecule has 0 amide bonds. The molecule has 5 rings (SSSR count). The van der Waals surface area contributed by atoms with Crippen molar-refractivity contribution in [3.05, 3.63) is 70.7 Å². The van der Waals surface area contributed by atoms with E-state index in [0.29, 0.717) is 17.4 Å². The van der Waals surface area contributed by atoms with Gasteiger partial charge >= 0.3 is 0 Å². The van der Waals surface area contributed by atoms with Gasteiger partial charge < -0.3 is 0 Å². The zero-order valence-corrected chi connectivity index (χ0v) is 16.0. The second kappa shape index (κ2) is 5.93. The van der Waals surface area contributed by atoms with Gasteiger partial charge in [0.05, 0.1) is 4.90 Å². The Morgan fingerprint density at radius 2 is 1.85 bits per heavy atom. The number of allylic oxidation sites excluding steroid dienone is 1. The number of benzene rings is 2. The monoisotopic (exact) mass is 383 g/mol. The molecular weight excluding hydrogens is 361 g/mol. The summed E-state index contributed by atoms with van der Waals surface area (Å²) in [6.45, 7) is 2.48. The van der Waals surface area contributed by atoms with E-state index in [4.69, 9.17) is 0 Å². The molecule has 2 fully saturated rings. The van der Waals surface area contributed by atoms with Crippen LogP contribution in [0.15, 0.2) is 53.1 Å². The van der Waals surface area contributed by atoms with Gasteiger partial charge in [-0.1, -0.05) is 30.2 Å². The summed E-state index contributed by atoms with van der Waals surface area (Å²) in [7, 11) is -3.58. The summed E-state index contributed by atoms with van der Waals surface area (Å²) in [5.74, 6) is 0.488. The Morgan fingerprint density at radius 1 is 1.07 bits per heavy atom. The van der Waals surface area contributed by atoms with E-state index < -0.39 is 10.0 Å². The fraction of sp³-hybridized carbons (Fsp3) is 0.364. The van der Waals surface area contributed by atoms with E-state index in [1.165, 1.54) is 6.07 Å². The lowest BCUT2D eigenvalue weighted by Crippen LogP contribution is -2.29. The average Bonchev–Trinajstić information content (AvgIpc) is 3.03. The van der Waals surface area contributed by atoms with Crippen molar-refractivity contribution < 1.29 is 12.8 Å². The number of hydrogen-bond acceptors (Lipinski definition) is 2. The highest BCUT2D eigenvalue weighted by Gasteiger charge is 2.49. The smallest absolute Gasteiger partial charge is 0.264 e. The van der Waals surface area contributed by atoms with Crippen molar-refractivity contribution in [3.63, 3.8) is 0 Å². The maximum atomic E-state index is 13.9. The van der Waals surface area contributed by atoms with Crippen LogP contribution in [-0.2, 0) is 10.0 Å². The van der Waals surface area contributed by atoms with Crippen LogP contribution in [-0.4, -0.2) is 19.3 Å². The number of hydrogen-bond donors (Lipinski definition) is 0. The quantitative estimate of drug-likeness (QED) is 0.754. The Morgan fingerprint density at radius 3 is 2.63 bits per heavy atom. The molecule has 0 aromatic heterocycles. The SMILES string of the molecule is Cc1ccc(S(=O)(=O)N2C[C@@H]3CCC[C@@H]4c5cc(F)ccc5C=C2[C@H]34)cc1. The lowest BCUT2D eigenvalue weighted by molar-refractivity contribution is 0.272. The van der Waals surface area contributed by atoms with E-state index in [1.54, 1.807) is 28.6 Å². The molecule has 1 aliphatic heterocycles. The molecule has 1 heterocycles. The molecule has 0 N–H and O–H groups in total. The van der Waals surface area contributed by atoms with E-state index in [9.17, 15) is 12.8 Å². The molecule has 2 aromatic carbocycles. The summed E-state index contributed by atoms with van der Waals surface area (Å²) in [6.07, 6.45) is 5.07. The van der Waals surface area contributed by atoms with Crippen LogP contribution in [0.3, 0.4) is 0 Å². The molecule has 3 nitrogen and oxygen atoms in total. The number of rotatable bonds is 2. The molecule has 27 heavy (non-hydrogen) atoms. The Hall–Kier alpha value is -2.14. The van der Waals surface area contributed by atoms with Gasteiger partial charge in [-0.15, -0.1) is 0 Å². The van der Waals surface area contributed by atoms with Crippen molar-refractivity contribution in [1.29, 1.82) is 0 Å². The van der Waals surface area contributed by atoms with Gasteiger partial charge in [0.15, 0.2) is 0 Å². The summed E-state index contributed by atoms with van der Waals surface area (Å²) in [6, 6.07) is 12.0. The molecule has 0 unspecified atom stereocenters. The second-order valence-corrected chi connectivity index (χ2v) is 9.88. The third-order valence-electron chi connectivity index (χ3n) is 6.42. The minimum absolute atomic E-state index is 0.174. The van der Waals surface area contributed by atoms with Crippen LogP contribution in [0, 0.1) is 24.6 Å². The Labute approximate surface area is 159 Å². The fourth-order valence-corrected chi connectivity index (χ4v) is 6.75. The van der Waals surface area contributed by atoms with Crippen molar-refractivity contribution in [3.8, 4) is 0 Å². The summed E-state index contributed by atoms with van der Waals surface area (Å²) in [4.78, 5) is 0.342. The van der Waals surface area contributed by atoms with Crippen LogP contribution in [0.5, 0.6) is 0 Å². The molecule has 0 radical (unpaired) electrons. The van der Waals surface area contributed by atoms with Gasteiger partial charge in [0.25, 0.3) is 10.0 Å². The second-order valence-electron chi connectivity index (χ2n) is 8.01. The maximum Gasteiger partial charge on any atom is 0.264 e. The third-order valence-corrected chi connectivity index (χ3v) is 8.23. The summed E-state index contributed by atoms with van der Waals surface area (Å²) >= 11 is 0. The van der Waals surface area contributed by atoms with Crippen molar-refractivity contribution >= 4 is 16.1 Å². The molecule has 2 aromatic rings. The third kappa shape index (κ3) is 2.55. The van der Waals surface area contributed by atoms with Gasteiger partial charge in [0.1, 0.15) is 5.82 Å². The summed E-state index contributed by atoms with van der Waals surface area (Å²) in [5.41, 5.74) is 3.93. The number of sulfonamides is 1. The number of aryl methyl sites for hydroxylation is 1. The van der Waals surface area contributed by atoms with Gasteiger partial charge in [-0.25, -0.2) is 12.8 Å². The van der Waals surface area contributed by atoms with Crippen molar-refractivity contribution in [2.24, 2.45) is 11.8 Å². The zero-order chi connectivity index (χ0) is 18.8. The highest BCUT2D eigenvalue weighted by atomic mass is 32.2. The van der Waals surface area contributed by atoms with Gasteiger partial charge in [-0.2, -0.15) is 0 Å². The topological polar surface area (TPSA) is 37.4 Å². The normalized spacial score (nSPS) is 26.4. The molecular formula is C22H22FNO2S. The predicted molar refractivity (Wildman–Crippen MR) is 103 cm³/mol. The van der Waals surface area contributed by atoms with Crippen LogP contribution >= 0.6 is 0 Å². The lowest BCUT2D eigenvalue weighted by atomic mass is 9.66. The predicted octanol–water partition coefficient (Wildman–Crippen LogP) is 4.69. The minimum Gasteiger partial charge on any atom is -0.270 e. The van der Waals surface area contributed by atoms with Gasteiger partial charge in [-0.05, 0) is 73.1 Å².